The SMILES string of the molecule is CCC(C)C(C)(CN1c2cccc(c2)N(c2ccccc2)c2cccc(c2)N(C)c2cccc(c2)N(c2ccccc2)c2cccc1c2)N1c2cccc(c2)N(c2ccccc2)c2cccc(c2)N(C)c2cccc(c2)N(c2ccccc2)c2cccc1c2. The molecule has 0 aromatic heterocycles. The number of fused-ring (bicyclic) bond motifs is 16. The highest BCUT2D eigenvalue weighted by atomic mass is 15.3. The van der Waals surface area contributed by atoms with Crippen molar-refractivity contribution in [2.45, 2.75) is 32.7 Å². The Labute approximate surface area is 524 Å². The van der Waals surface area contributed by atoms with Gasteiger partial charge in [-0.15, -0.1) is 0 Å². The summed E-state index contributed by atoms with van der Waals surface area (Å²) in [7, 11) is 4.33. The standard InChI is InChI=1S/C81H72N8/c1-6-60(2)81(3,89-79-49-25-47-77(57-79)87(63-31-15-9-16-32-63)73-43-21-37-67(53-73)83(5)68-38-22-44-74(54-68)88(64-33-17-10-18-34-64)78-48-26-50-80(89)58-78)59-84-69-39-23-45-75(55-69)85(61-27-11-7-12-28-61)71-41-19-35-65(51-71)82(4)66-36-20-42-72(52-66)86(62-29-13-8-14-30-62)76-46-24-40-70(84)56-76/h7-58,60H,6,59H2,1-5H3. The monoisotopic (exact) mass is 1160 g/mol. The van der Waals surface area contributed by atoms with E-state index in [1.165, 1.54) is 0 Å². The summed E-state index contributed by atoms with van der Waals surface area (Å²) >= 11 is 0. The van der Waals surface area contributed by atoms with Crippen LogP contribution in [0.5, 0.6) is 0 Å². The van der Waals surface area contributed by atoms with Crippen molar-refractivity contribution >= 4 is 114 Å². The van der Waals surface area contributed by atoms with Gasteiger partial charge in [0, 0.05) is 134 Å². The van der Waals surface area contributed by atoms with Crippen LogP contribution in [0.1, 0.15) is 27.2 Å². The van der Waals surface area contributed by atoms with Gasteiger partial charge in [0.2, 0.25) is 0 Å². The van der Waals surface area contributed by atoms with E-state index in [4.69, 9.17) is 0 Å². The van der Waals surface area contributed by atoms with E-state index in [0.717, 1.165) is 120 Å². The fourth-order valence-corrected chi connectivity index (χ4v) is 13.2. The number of hydrogen-bond donors (Lipinski definition) is 0. The number of benzene rings is 12. The van der Waals surface area contributed by atoms with Crippen LogP contribution in [0.15, 0.2) is 315 Å². The molecule has 2 aliphatic rings. The zero-order chi connectivity index (χ0) is 60.4. The van der Waals surface area contributed by atoms with Crippen LogP contribution < -0.4 is 39.2 Å². The van der Waals surface area contributed by atoms with E-state index >= 15 is 0 Å². The molecule has 0 fully saturated rings. The highest BCUT2D eigenvalue weighted by molar-refractivity contribution is 5.89. The molecule has 89 heavy (non-hydrogen) atoms. The molecule has 436 valence electrons. The number of nitrogens with zero attached hydrogens (tertiary/aromatic N) is 8. The van der Waals surface area contributed by atoms with Gasteiger partial charge in [0.1, 0.15) is 0 Å². The molecule has 0 radical (unpaired) electrons. The number of para-hydroxylation sites is 4. The first-order valence-electron chi connectivity index (χ1n) is 31.0. The van der Waals surface area contributed by atoms with Gasteiger partial charge < -0.3 is 39.2 Å². The molecular weight excluding hydrogens is 1080 g/mol. The quantitative estimate of drug-likeness (QED) is 0.141. The zero-order valence-electron chi connectivity index (χ0n) is 51.1. The minimum atomic E-state index is -0.631. The lowest BCUT2D eigenvalue weighted by atomic mass is 9.81. The molecule has 0 spiro atoms. The van der Waals surface area contributed by atoms with Crippen molar-refractivity contribution < 1.29 is 0 Å². The molecule has 12 aromatic carbocycles. The fourth-order valence-electron chi connectivity index (χ4n) is 13.2. The average Bonchev–Trinajstić information content (AvgIpc) is 2.35. The predicted octanol–water partition coefficient (Wildman–Crippen LogP) is 22.5. The van der Waals surface area contributed by atoms with E-state index in [2.05, 4.69) is 390 Å². The first-order valence-corrected chi connectivity index (χ1v) is 31.0. The lowest BCUT2D eigenvalue weighted by Crippen LogP contribution is -2.55. The normalized spacial score (nSPS) is 14.1. The molecule has 2 atom stereocenters. The van der Waals surface area contributed by atoms with Crippen LogP contribution in [0, 0.1) is 5.92 Å². The number of rotatable bonds is 9. The summed E-state index contributed by atoms with van der Waals surface area (Å²) in [6.45, 7) is 7.87. The van der Waals surface area contributed by atoms with Gasteiger partial charge >= 0.3 is 0 Å². The Morgan fingerprint density at radius 3 is 0.719 bits per heavy atom. The van der Waals surface area contributed by atoms with Gasteiger partial charge in [-0.3, -0.25) is 0 Å². The second-order valence-corrected chi connectivity index (χ2v) is 23.5. The van der Waals surface area contributed by atoms with E-state index < -0.39 is 5.54 Å². The van der Waals surface area contributed by atoms with E-state index in [1.54, 1.807) is 0 Å². The first kappa shape index (κ1) is 55.9. The van der Waals surface area contributed by atoms with Crippen molar-refractivity contribution in [3.63, 3.8) is 0 Å². The van der Waals surface area contributed by atoms with Crippen LogP contribution in [0.2, 0.25) is 0 Å². The highest BCUT2D eigenvalue weighted by Crippen LogP contribution is 2.49. The van der Waals surface area contributed by atoms with Gasteiger partial charge in [0.25, 0.3) is 0 Å². The summed E-state index contributed by atoms with van der Waals surface area (Å²) in [4.78, 5) is 19.4. The Hall–Kier alpha value is -11.0. The van der Waals surface area contributed by atoms with Crippen LogP contribution in [0.4, 0.5) is 114 Å². The van der Waals surface area contributed by atoms with Crippen molar-refractivity contribution in [2.24, 2.45) is 5.92 Å². The Morgan fingerprint density at radius 2 is 0.461 bits per heavy atom. The molecule has 2 heterocycles. The topological polar surface area (TPSA) is 25.9 Å². The summed E-state index contributed by atoms with van der Waals surface area (Å²) < 4.78 is 0. The van der Waals surface area contributed by atoms with Gasteiger partial charge in [-0.1, -0.05) is 142 Å². The lowest BCUT2D eigenvalue weighted by Gasteiger charge is -2.50. The maximum atomic E-state index is 2.67. The van der Waals surface area contributed by atoms with Crippen molar-refractivity contribution in [3.05, 3.63) is 315 Å². The zero-order valence-corrected chi connectivity index (χ0v) is 51.1. The molecule has 16 bridgehead atoms. The summed E-state index contributed by atoms with van der Waals surface area (Å²) in [5, 5.41) is 0. The van der Waals surface area contributed by atoms with Crippen LogP contribution in [0.25, 0.3) is 0 Å². The molecule has 0 aliphatic carbocycles. The second-order valence-electron chi connectivity index (χ2n) is 23.5. The van der Waals surface area contributed by atoms with Gasteiger partial charge in [-0.2, -0.15) is 0 Å². The molecule has 0 amide bonds. The lowest BCUT2D eigenvalue weighted by molar-refractivity contribution is 0.311. The molecule has 0 saturated heterocycles. The third-order valence-electron chi connectivity index (χ3n) is 18.1. The van der Waals surface area contributed by atoms with Crippen molar-refractivity contribution in [3.8, 4) is 0 Å². The second kappa shape index (κ2) is 24.1. The van der Waals surface area contributed by atoms with Crippen molar-refractivity contribution in [2.75, 3.05) is 59.8 Å². The van der Waals surface area contributed by atoms with Crippen LogP contribution >= 0.6 is 0 Å². The molecule has 8 heteroatoms. The van der Waals surface area contributed by atoms with E-state index in [-0.39, 0.29) is 5.92 Å². The van der Waals surface area contributed by atoms with Crippen LogP contribution in [-0.2, 0) is 0 Å². The van der Waals surface area contributed by atoms with Gasteiger partial charge in [-0.05, 0) is 207 Å². The molecule has 12 aromatic rings. The summed E-state index contributed by atoms with van der Waals surface area (Å²) in [5.74, 6) is 0.121. The van der Waals surface area contributed by atoms with Crippen LogP contribution in [0.3, 0.4) is 0 Å². The van der Waals surface area contributed by atoms with Gasteiger partial charge in [0.15, 0.2) is 0 Å². The number of hydrogen-bond acceptors (Lipinski definition) is 8. The Balaban J connectivity index is 1.03. The Kier molecular flexibility index (Phi) is 15.1. The molecule has 14 rings (SSSR count). The minimum absolute atomic E-state index is 0.121. The van der Waals surface area contributed by atoms with Crippen LogP contribution in [-0.4, -0.2) is 26.2 Å². The third kappa shape index (κ3) is 10.8. The van der Waals surface area contributed by atoms with Crippen molar-refractivity contribution in [1.82, 2.24) is 0 Å². The minimum Gasteiger partial charge on any atom is -0.344 e. The average molecular weight is 1160 g/mol. The molecular formula is C81H72N8. The number of anilines is 20. The van der Waals surface area contributed by atoms with E-state index in [1.807, 2.05) is 0 Å². The molecule has 0 saturated carbocycles. The summed E-state index contributed by atoms with van der Waals surface area (Å²) in [6.07, 6.45) is 0.907. The molecule has 2 unspecified atom stereocenters. The van der Waals surface area contributed by atoms with Gasteiger partial charge in [-0.25, -0.2) is 0 Å². The smallest absolute Gasteiger partial charge is 0.0627 e. The first-order chi connectivity index (χ1) is 43.7. The van der Waals surface area contributed by atoms with E-state index in [0.29, 0.717) is 6.54 Å². The fraction of sp³-hybridized carbons (Fsp3) is 0.111. The largest absolute Gasteiger partial charge is 0.344 e. The summed E-state index contributed by atoms with van der Waals surface area (Å²) in [5.41, 5.74) is 20.7. The van der Waals surface area contributed by atoms with Crippen molar-refractivity contribution in [1.29, 1.82) is 0 Å². The third-order valence-corrected chi connectivity index (χ3v) is 18.1. The highest BCUT2D eigenvalue weighted by Gasteiger charge is 2.41. The molecule has 0 N–H and O–H groups in total. The predicted molar refractivity (Wildman–Crippen MR) is 378 cm³/mol. The maximum absolute atomic E-state index is 2.67. The Bertz CT molecular complexity index is 4160. The van der Waals surface area contributed by atoms with Gasteiger partial charge in [0.05, 0.1) is 5.54 Å². The Morgan fingerprint density at radius 1 is 0.258 bits per heavy atom. The van der Waals surface area contributed by atoms with E-state index in [9.17, 15) is 0 Å². The maximum Gasteiger partial charge on any atom is 0.0627 e. The molecule has 8 nitrogen and oxygen atoms in total. The molecule has 2 aliphatic heterocycles. The summed E-state index contributed by atoms with van der Waals surface area (Å²) in [6, 6.07) is 116.